The molecule has 40 heavy (non-hydrogen) atoms. The predicted octanol–water partition coefficient (Wildman–Crippen LogP) is 1.31. The van der Waals surface area contributed by atoms with Crippen molar-refractivity contribution in [2.24, 2.45) is 0 Å². The van der Waals surface area contributed by atoms with Crippen molar-refractivity contribution >= 4 is 77.1 Å². The van der Waals surface area contributed by atoms with Gasteiger partial charge < -0.3 is 24.1 Å². The van der Waals surface area contributed by atoms with Gasteiger partial charge in [-0.15, -0.1) is 5.10 Å². The molecule has 23 heteroatoms. The standard InChI is InChI=1S/C17H19FN10O7P2S3/c18-10-8-4-33-37(39,40)31-2-1-27-9(22-7-3-20-6-21-13(7)27)5-32-36(30,38)35-12(10)16(34-8)28-14-11(25-26-28)15(29)24-17(19)23-14/h3,6,8,10,12,16H,1-2,4-5H2,(H,30,38)(H,39,40)(H3,19,23,24,29)/t8-,10-,12-,16-,36?/m1/s1. The zero-order chi connectivity index (χ0) is 28.2. The van der Waals surface area contributed by atoms with Crippen molar-refractivity contribution in [1.82, 2.24) is 44.5 Å². The van der Waals surface area contributed by atoms with Gasteiger partial charge in [0.25, 0.3) is 5.56 Å². The number of ether oxygens (including phenoxy) is 1. The number of imidazole rings is 1. The van der Waals surface area contributed by atoms with Crippen LogP contribution in [0.2, 0.25) is 0 Å². The minimum absolute atomic E-state index is 0.0285. The van der Waals surface area contributed by atoms with Crippen LogP contribution in [0.4, 0.5) is 10.3 Å². The number of rotatable bonds is 1. The number of nitrogens with one attached hydrogen (secondary N) is 1. The van der Waals surface area contributed by atoms with Crippen LogP contribution in [0, 0.1) is 0 Å². The molecule has 0 saturated carbocycles. The van der Waals surface area contributed by atoms with E-state index < -0.39 is 49.3 Å². The summed E-state index contributed by atoms with van der Waals surface area (Å²) in [6.45, 7) is -4.83. The number of thiol groups is 2. The number of anilines is 1. The summed E-state index contributed by atoms with van der Waals surface area (Å²) in [5.74, 6) is 0.0432. The third kappa shape index (κ3) is 5.42. The maximum absolute atomic E-state index is 15.8. The molecule has 6 heterocycles. The van der Waals surface area contributed by atoms with Crippen LogP contribution in [-0.4, -0.2) is 76.1 Å². The molecule has 2 bridgehead atoms. The normalized spacial score (nSPS) is 32.1. The van der Waals surface area contributed by atoms with Gasteiger partial charge in [-0.2, -0.15) is 9.67 Å². The zero-order valence-electron chi connectivity index (χ0n) is 19.9. The zero-order valence-corrected chi connectivity index (χ0v) is 24.3. The van der Waals surface area contributed by atoms with Gasteiger partial charge >= 0.3 is 6.80 Å². The molecule has 214 valence electrons. The molecule has 6 atom stereocenters. The highest BCUT2D eigenvalue weighted by molar-refractivity contribution is 8.60. The Kier molecular flexibility index (Phi) is 7.47. The van der Waals surface area contributed by atoms with Crippen molar-refractivity contribution < 1.29 is 31.8 Å². The van der Waals surface area contributed by atoms with E-state index in [2.05, 4.69) is 59.7 Å². The van der Waals surface area contributed by atoms with Gasteiger partial charge in [0, 0.05) is 6.54 Å². The molecule has 6 rings (SSSR count). The molecule has 1 saturated heterocycles. The average Bonchev–Trinajstić information content (AvgIpc) is 3.55. The second-order valence-electron chi connectivity index (χ2n) is 8.49. The van der Waals surface area contributed by atoms with Crippen molar-refractivity contribution in [3.63, 3.8) is 0 Å². The van der Waals surface area contributed by atoms with E-state index in [0.717, 1.165) is 4.68 Å². The first-order chi connectivity index (χ1) is 19.0. The maximum Gasteiger partial charge on any atom is 0.387 e. The Morgan fingerprint density at radius 1 is 1.23 bits per heavy atom. The second kappa shape index (κ2) is 10.6. The number of aromatic nitrogens is 9. The van der Waals surface area contributed by atoms with Gasteiger partial charge in [0.1, 0.15) is 36.5 Å². The molecule has 17 nitrogen and oxygen atoms in total. The summed E-state index contributed by atoms with van der Waals surface area (Å²) in [4.78, 5) is 31.2. The molecule has 4 aromatic heterocycles. The number of nitrogen functional groups attached to an aromatic ring is 1. The lowest BCUT2D eigenvalue weighted by molar-refractivity contribution is -0.0502. The van der Waals surface area contributed by atoms with E-state index in [0.29, 0.717) is 11.2 Å². The maximum atomic E-state index is 15.8. The highest BCUT2D eigenvalue weighted by Gasteiger charge is 2.51. The van der Waals surface area contributed by atoms with Crippen LogP contribution in [-0.2, 0) is 52.4 Å². The molecule has 0 aliphatic carbocycles. The molecule has 2 aliphatic heterocycles. The number of aromatic amines is 1. The topological polar surface area (TPSA) is 209 Å². The summed E-state index contributed by atoms with van der Waals surface area (Å²) in [6, 6.07) is 0. The van der Waals surface area contributed by atoms with Crippen molar-refractivity contribution in [3.05, 3.63) is 28.7 Å². The lowest BCUT2D eigenvalue weighted by atomic mass is 10.1. The number of hydrogen-bond donors (Lipinski definition) is 4. The number of alkyl halides is 1. The SMILES string of the molecule is Nc1nc2c(nnn2[C@@H]2O[C@@H]3COP(=S)(S)OCCn4c(nc5cncnc54)COP(=O)(S)O[C@@H]2[C@@H]3F)c(=O)[nH]1. The number of hydrogen-bond acceptors (Lipinski definition) is 15. The van der Waals surface area contributed by atoms with Crippen LogP contribution in [0.1, 0.15) is 12.1 Å². The smallest absolute Gasteiger partial charge is 0.369 e. The Morgan fingerprint density at radius 2 is 2.05 bits per heavy atom. The van der Waals surface area contributed by atoms with Crippen molar-refractivity contribution in [2.45, 2.75) is 37.8 Å². The minimum atomic E-state index is -4.29. The van der Waals surface area contributed by atoms with Crippen LogP contribution in [0.5, 0.6) is 0 Å². The summed E-state index contributed by atoms with van der Waals surface area (Å²) in [5, 5.41) is 7.65. The van der Waals surface area contributed by atoms with E-state index in [1.165, 1.54) is 12.5 Å². The molecule has 2 unspecified atom stereocenters. The molecule has 0 radical (unpaired) electrons. The quantitative estimate of drug-likeness (QED) is 0.169. The first kappa shape index (κ1) is 28.1. The number of halogens is 1. The van der Waals surface area contributed by atoms with Crippen LogP contribution >= 0.6 is 37.0 Å². The molecule has 0 amide bonds. The molecule has 0 spiro atoms. The fourth-order valence-electron chi connectivity index (χ4n) is 4.21. The third-order valence-corrected chi connectivity index (χ3v) is 9.83. The predicted molar refractivity (Wildman–Crippen MR) is 146 cm³/mol. The van der Waals surface area contributed by atoms with Crippen LogP contribution in [0.3, 0.4) is 0 Å². The van der Waals surface area contributed by atoms with Crippen molar-refractivity contribution in [1.29, 1.82) is 0 Å². The third-order valence-electron chi connectivity index (χ3n) is 5.93. The summed E-state index contributed by atoms with van der Waals surface area (Å²) in [6.07, 6.45) is -3.54. The molecule has 2 aliphatic rings. The Bertz CT molecular complexity index is 1760. The van der Waals surface area contributed by atoms with Gasteiger partial charge in [-0.3, -0.25) is 18.8 Å². The van der Waals surface area contributed by atoms with Gasteiger partial charge in [-0.25, -0.2) is 23.9 Å². The second-order valence-corrected chi connectivity index (χ2v) is 16.7. The van der Waals surface area contributed by atoms with Gasteiger partial charge in [-0.05, 0) is 11.8 Å². The lowest BCUT2D eigenvalue weighted by Crippen LogP contribution is -2.32. The fraction of sp³-hybridized carbons (Fsp3) is 0.471. The van der Waals surface area contributed by atoms with E-state index in [1.54, 1.807) is 4.57 Å². The highest BCUT2D eigenvalue weighted by atomic mass is 32.9. The monoisotopic (exact) mass is 652 g/mol. The van der Waals surface area contributed by atoms with Crippen LogP contribution < -0.4 is 11.3 Å². The molecule has 3 N–H and O–H groups in total. The Morgan fingerprint density at radius 3 is 2.88 bits per heavy atom. The van der Waals surface area contributed by atoms with Gasteiger partial charge in [0.2, 0.25) is 11.6 Å². The summed E-state index contributed by atoms with van der Waals surface area (Å²) >= 11 is 13.8. The highest BCUT2D eigenvalue weighted by Crippen LogP contribution is 2.58. The first-order valence-electron chi connectivity index (χ1n) is 11.3. The van der Waals surface area contributed by atoms with Crippen molar-refractivity contribution in [2.75, 3.05) is 18.9 Å². The van der Waals surface area contributed by atoms with Gasteiger partial charge in [0.15, 0.2) is 29.2 Å². The van der Waals surface area contributed by atoms with E-state index >= 15 is 4.39 Å². The summed E-state index contributed by atoms with van der Waals surface area (Å²) in [7, 11) is 0. The first-order valence-corrected chi connectivity index (χ1v) is 17.8. The number of fused-ring (bicyclic) bond motifs is 6. The van der Waals surface area contributed by atoms with Crippen molar-refractivity contribution in [3.8, 4) is 0 Å². The molecule has 4 aromatic rings. The fourth-order valence-corrected chi connectivity index (χ4v) is 7.15. The number of nitrogens with two attached hydrogens (primary N) is 1. The van der Waals surface area contributed by atoms with E-state index in [1.807, 2.05) is 0 Å². The molecule has 0 aromatic carbocycles. The van der Waals surface area contributed by atoms with E-state index in [9.17, 15) is 9.36 Å². The molecular weight excluding hydrogens is 633 g/mol. The number of H-pyrrole nitrogens is 1. The molecule has 1 fully saturated rings. The summed E-state index contributed by atoms with van der Waals surface area (Å²) in [5.41, 5.74) is 2.38. The Hall–Kier alpha value is -2.06. The number of nitrogens with zero attached hydrogens (tertiary/aromatic N) is 8. The Labute approximate surface area is 238 Å². The summed E-state index contributed by atoms with van der Waals surface area (Å²) < 4.78 is 60.1. The largest absolute Gasteiger partial charge is 0.387 e. The lowest BCUT2D eigenvalue weighted by Gasteiger charge is -2.23. The average molecular weight is 653 g/mol. The van der Waals surface area contributed by atoms with Gasteiger partial charge in [0.05, 0.1) is 19.4 Å². The van der Waals surface area contributed by atoms with E-state index in [-0.39, 0.29) is 42.7 Å². The van der Waals surface area contributed by atoms with Gasteiger partial charge in [-0.1, -0.05) is 29.7 Å². The molecular formula is C17H19FN10O7P2S3. The van der Waals surface area contributed by atoms with Crippen LogP contribution in [0.15, 0.2) is 17.3 Å². The Balaban J connectivity index is 1.38. The van der Waals surface area contributed by atoms with E-state index in [4.69, 9.17) is 40.4 Å². The minimum Gasteiger partial charge on any atom is -0.369 e. The van der Waals surface area contributed by atoms with Crippen LogP contribution in [0.25, 0.3) is 22.3 Å².